The first-order valence-electron chi connectivity index (χ1n) is 10.7. The van der Waals surface area contributed by atoms with Crippen molar-refractivity contribution < 1.29 is 27.4 Å². The number of nitrogens with zero attached hydrogens (tertiary/aromatic N) is 2. The molecular weight excluding hydrogens is 470 g/mol. The third kappa shape index (κ3) is 6.51. The predicted molar refractivity (Wildman–Crippen MR) is 134 cm³/mol. The fraction of sp³-hybridized carbons (Fsp3) is 0.200. The van der Waals surface area contributed by atoms with Gasteiger partial charge in [-0.25, -0.2) is 13.8 Å². The molecule has 0 aliphatic heterocycles. The number of carbonyl (C=O) groups excluding carboxylic acids is 1. The number of anilines is 1. The molecule has 1 N–H and O–H groups in total. The van der Waals surface area contributed by atoms with E-state index < -0.39 is 22.5 Å². The van der Waals surface area contributed by atoms with Crippen LogP contribution in [0.5, 0.6) is 17.2 Å². The summed E-state index contributed by atoms with van der Waals surface area (Å²) in [6, 6.07) is 19.5. The van der Waals surface area contributed by atoms with E-state index in [1.807, 2.05) is 6.92 Å². The van der Waals surface area contributed by atoms with Crippen molar-refractivity contribution in [3.8, 4) is 17.2 Å². The summed E-state index contributed by atoms with van der Waals surface area (Å²) in [6.45, 7) is 1.85. The van der Waals surface area contributed by atoms with Gasteiger partial charge in [-0.05, 0) is 67.1 Å². The first-order chi connectivity index (χ1) is 16.9. The first-order valence-corrected chi connectivity index (χ1v) is 12.2. The van der Waals surface area contributed by atoms with E-state index in [9.17, 15) is 13.2 Å². The third-order valence-corrected chi connectivity index (χ3v) is 6.65. The lowest BCUT2D eigenvalue weighted by atomic mass is 10.2. The molecule has 10 heteroatoms. The molecule has 9 nitrogen and oxygen atoms in total. The molecule has 1 amide bonds. The number of ether oxygens (including phenoxy) is 3. The minimum atomic E-state index is -4.02. The minimum absolute atomic E-state index is 0.0653. The third-order valence-electron chi connectivity index (χ3n) is 4.86. The van der Waals surface area contributed by atoms with Gasteiger partial charge in [0.15, 0.2) is 11.5 Å². The largest absolute Gasteiger partial charge is 0.494 e. The van der Waals surface area contributed by atoms with Gasteiger partial charge in [-0.15, -0.1) is 0 Å². The molecule has 0 aliphatic carbocycles. The average molecular weight is 498 g/mol. The Morgan fingerprint density at radius 2 is 1.66 bits per heavy atom. The van der Waals surface area contributed by atoms with Crippen LogP contribution in [-0.2, 0) is 14.8 Å². The van der Waals surface area contributed by atoms with Gasteiger partial charge in [-0.3, -0.25) is 9.10 Å². The van der Waals surface area contributed by atoms with Gasteiger partial charge in [0, 0.05) is 0 Å². The SMILES string of the molecule is CCOc1ccc(N(CC(=O)N/N=C/c2ccc(OC)c(OC)c2)S(=O)(=O)c2ccccc2)cc1. The standard InChI is InChI=1S/C25H27N3O6S/c1-4-34-21-13-11-20(12-14-21)28(35(30,31)22-8-6-5-7-9-22)18-25(29)27-26-17-19-10-15-23(32-2)24(16-19)33-3/h5-17H,4,18H2,1-3H3,(H,27,29)/b26-17+. The second kappa shape index (κ2) is 11.9. The first kappa shape index (κ1) is 25.6. The van der Waals surface area contributed by atoms with Crippen molar-refractivity contribution >= 4 is 27.8 Å². The highest BCUT2D eigenvalue weighted by Crippen LogP contribution is 2.27. The van der Waals surface area contributed by atoms with Gasteiger partial charge in [0.25, 0.3) is 15.9 Å². The van der Waals surface area contributed by atoms with Gasteiger partial charge >= 0.3 is 0 Å². The van der Waals surface area contributed by atoms with E-state index in [1.54, 1.807) is 60.7 Å². The van der Waals surface area contributed by atoms with Crippen molar-refractivity contribution in [1.29, 1.82) is 0 Å². The summed E-state index contributed by atoms with van der Waals surface area (Å²) in [6.07, 6.45) is 1.42. The van der Waals surface area contributed by atoms with E-state index in [2.05, 4.69) is 10.5 Å². The number of nitrogens with one attached hydrogen (secondary N) is 1. The summed E-state index contributed by atoms with van der Waals surface area (Å²) in [7, 11) is -0.969. The smallest absolute Gasteiger partial charge is 0.264 e. The zero-order chi connectivity index (χ0) is 25.3. The maximum absolute atomic E-state index is 13.4. The zero-order valence-electron chi connectivity index (χ0n) is 19.7. The van der Waals surface area contributed by atoms with E-state index in [0.29, 0.717) is 35.1 Å². The normalized spacial score (nSPS) is 11.2. The van der Waals surface area contributed by atoms with E-state index in [0.717, 1.165) is 4.31 Å². The van der Waals surface area contributed by atoms with E-state index >= 15 is 0 Å². The van der Waals surface area contributed by atoms with Crippen molar-refractivity contribution in [2.24, 2.45) is 5.10 Å². The number of hydrazone groups is 1. The van der Waals surface area contributed by atoms with E-state index in [4.69, 9.17) is 14.2 Å². The summed E-state index contributed by atoms with van der Waals surface area (Å²) < 4.78 is 43.6. The molecule has 0 aliphatic rings. The quantitative estimate of drug-likeness (QED) is 0.321. The van der Waals surface area contributed by atoms with Crippen LogP contribution in [0.4, 0.5) is 5.69 Å². The number of rotatable bonds is 11. The Morgan fingerprint density at radius 3 is 2.29 bits per heavy atom. The molecule has 3 rings (SSSR count). The Kier molecular flexibility index (Phi) is 8.69. The lowest BCUT2D eigenvalue weighted by Gasteiger charge is -2.24. The van der Waals surface area contributed by atoms with Crippen molar-refractivity contribution in [2.75, 3.05) is 31.7 Å². The Morgan fingerprint density at radius 1 is 0.971 bits per heavy atom. The number of hydrogen-bond donors (Lipinski definition) is 1. The van der Waals surface area contributed by atoms with Crippen molar-refractivity contribution in [2.45, 2.75) is 11.8 Å². The highest BCUT2D eigenvalue weighted by atomic mass is 32.2. The van der Waals surface area contributed by atoms with Crippen LogP contribution in [0.1, 0.15) is 12.5 Å². The van der Waals surface area contributed by atoms with Crippen LogP contribution in [0.3, 0.4) is 0 Å². The highest BCUT2D eigenvalue weighted by Gasteiger charge is 2.27. The summed E-state index contributed by atoms with van der Waals surface area (Å²) >= 11 is 0. The minimum Gasteiger partial charge on any atom is -0.494 e. The molecule has 0 fully saturated rings. The Bertz CT molecular complexity index is 1260. The predicted octanol–water partition coefficient (Wildman–Crippen LogP) is 3.45. The van der Waals surface area contributed by atoms with Gasteiger partial charge in [0.1, 0.15) is 12.3 Å². The molecule has 0 bridgehead atoms. The fourth-order valence-electron chi connectivity index (χ4n) is 3.19. The number of carbonyl (C=O) groups is 1. The number of benzene rings is 3. The van der Waals surface area contributed by atoms with Crippen molar-refractivity contribution in [3.63, 3.8) is 0 Å². The highest BCUT2D eigenvalue weighted by molar-refractivity contribution is 7.92. The molecule has 0 atom stereocenters. The van der Waals surface area contributed by atoms with Crippen LogP contribution in [0, 0.1) is 0 Å². The molecule has 0 unspecified atom stereocenters. The Labute approximate surface area is 205 Å². The average Bonchev–Trinajstić information content (AvgIpc) is 2.88. The summed E-state index contributed by atoms with van der Waals surface area (Å²) in [5, 5.41) is 3.95. The van der Waals surface area contributed by atoms with E-state index in [-0.39, 0.29) is 4.90 Å². The topological polar surface area (TPSA) is 107 Å². The van der Waals surface area contributed by atoms with Gasteiger partial charge in [-0.1, -0.05) is 18.2 Å². The molecule has 0 radical (unpaired) electrons. The monoisotopic (exact) mass is 497 g/mol. The maximum Gasteiger partial charge on any atom is 0.264 e. The summed E-state index contributed by atoms with van der Waals surface area (Å²) in [5.41, 5.74) is 3.35. The second-order valence-corrected chi connectivity index (χ2v) is 9.02. The summed E-state index contributed by atoms with van der Waals surface area (Å²) in [4.78, 5) is 12.8. The number of sulfonamides is 1. The van der Waals surface area contributed by atoms with Crippen LogP contribution in [0.15, 0.2) is 82.8 Å². The Hall–Kier alpha value is -4.05. The van der Waals surface area contributed by atoms with Gasteiger partial charge in [-0.2, -0.15) is 5.10 Å². The van der Waals surface area contributed by atoms with Crippen LogP contribution >= 0.6 is 0 Å². The fourth-order valence-corrected chi connectivity index (χ4v) is 4.63. The lowest BCUT2D eigenvalue weighted by molar-refractivity contribution is -0.119. The van der Waals surface area contributed by atoms with Gasteiger partial charge in [0.2, 0.25) is 0 Å². The number of amides is 1. The molecule has 3 aromatic rings. The molecule has 0 aromatic heterocycles. The zero-order valence-corrected chi connectivity index (χ0v) is 20.5. The molecule has 35 heavy (non-hydrogen) atoms. The Balaban J connectivity index is 1.80. The summed E-state index contributed by atoms with van der Waals surface area (Å²) in [5.74, 6) is 1.05. The molecule has 3 aromatic carbocycles. The van der Waals surface area contributed by atoms with Crippen LogP contribution in [0.2, 0.25) is 0 Å². The van der Waals surface area contributed by atoms with Crippen molar-refractivity contribution in [1.82, 2.24) is 5.43 Å². The van der Waals surface area contributed by atoms with Crippen LogP contribution in [-0.4, -0.2) is 47.9 Å². The van der Waals surface area contributed by atoms with Gasteiger partial charge < -0.3 is 14.2 Å². The molecule has 0 saturated carbocycles. The number of methoxy groups -OCH3 is 2. The number of hydrogen-bond acceptors (Lipinski definition) is 7. The molecular formula is C25H27N3O6S. The maximum atomic E-state index is 13.4. The molecule has 0 saturated heterocycles. The van der Waals surface area contributed by atoms with Crippen molar-refractivity contribution in [3.05, 3.63) is 78.4 Å². The molecule has 0 heterocycles. The van der Waals surface area contributed by atoms with E-state index in [1.165, 1.54) is 32.6 Å². The van der Waals surface area contributed by atoms with Gasteiger partial charge in [0.05, 0.1) is 37.6 Å². The lowest BCUT2D eigenvalue weighted by Crippen LogP contribution is -2.39. The molecule has 184 valence electrons. The van der Waals surface area contributed by atoms with Crippen LogP contribution < -0.4 is 23.9 Å². The molecule has 0 spiro atoms. The van der Waals surface area contributed by atoms with Crippen LogP contribution in [0.25, 0.3) is 0 Å². The second-order valence-electron chi connectivity index (χ2n) is 7.16.